The SMILES string of the molecule is O=C(CN1CCCCC1)Nc1cccc(-c2cn(-c3ccc4cc5ccc(-n6cc(-c7cccc(NC(=O)CN8CCCCC8)c7)nn6)cc5nc4c3)nn2)c1. The zero-order valence-electron chi connectivity index (χ0n) is 31.1. The quantitative estimate of drug-likeness (QED) is 0.146. The monoisotopic (exact) mass is 745 g/mol. The highest BCUT2D eigenvalue weighted by molar-refractivity contribution is 5.95. The van der Waals surface area contributed by atoms with Gasteiger partial charge in [-0.25, -0.2) is 14.3 Å². The van der Waals surface area contributed by atoms with Crippen LogP contribution in [0.4, 0.5) is 11.4 Å². The molecule has 0 spiro atoms. The van der Waals surface area contributed by atoms with Crippen LogP contribution in [0.5, 0.6) is 0 Å². The molecule has 0 atom stereocenters. The summed E-state index contributed by atoms with van der Waals surface area (Å²) in [5.74, 6) is -0.0108. The second-order valence-electron chi connectivity index (χ2n) is 14.8. The molecule has 7 aromatic rings. The standard InChI is InChI=1S/C43H43N11O2/c55-42(28-51-17-3-1-4-18-51)44-34-11-7-9-30(22-34)40-26-53(49-47-40)36-15-13-32-21-33-14-16-37(25-39(33)46-38(32)24-36)54-27-41(48-50-54)31-10-8-12-35(23-31)45-43(56)29-52-19-5-2-6-20-52/h7-16,21-27H,1-6,17-20,28-29H2,(H,44,55)(H,45,56). The lowest BCUT2D eigenvalue weighted by atomic mass is 10.1. The highest BCUT2D eigenvalue weighted by Gasteiger charge is 2.17. The predicted octanol–water partition coefficient (Wildman–Crippen LogP) is 6.73. The summed E-state index contributed by atoms with van der Waals surface area (Å²) in [6, 6.07) is 29.6. The fourth-order valence-corrected chi connectivity index (χ4v) is 7.68. The van der Waals surface area contributed by atoms with E-state index in [1.165, 1.54) is 12.8 Å². The number of hydrogen-bond donors (Lipinski definition) is 2. The molecule has 2 amide bonds. The van der Waals surface area contributed by atoms with Crippen LogP contribution in [0.2, 0.25) is 0 Å². The molecule has 0 aliphatic carbocycles. The molecule has 4 aromatic carbocycles. The Morgan fingerprint density at radius 2 is 1.00 bits per heavy atom. The summed E-state index contributed by atoms with van der Waals surface area (Å²) in [6.45, 7) is 4.71. The van der Waals surface area contributed by atoms with Crippen molar-refractivity contribution in [3.8, 4) is 33.9 Å². The Morgan fingerprint density at radius 1 is 0.536 bits per heavy atom. The average Bonchev–Trinajstić information content (AvgIpc) is 3.93. The van der Waals surface area contributed by atoms with Gasteiger partial charge in [-0.2, -0.15) is 0 Å². The van der Waals surface area contributed by atoms with E-state index < -0.39 is 0 Å². The van der Waals surface area contributed by atoms with Crippen LogP contribution >= 0.6 is 0 Å². The third-order valence-electron chi connectivity index (χ3n) is 10.6. The molecule has 282 valence electrons. The Hall–Kier alpha value is -6.31. The molecule has 0 bridgehead atoms. The van der Waals surface area contributed by atoms with Crippen molar-refractivity contribution in [2.75, 3.05) is 49.9 Å². The normalized spacial score (nSPS) is 15.3. The number of benzene rings is 4. The number of likely N-dealkylation sites (tertiary alicyclic amines) is 2. The first kappa shape index (κ1) is 35.4. The van der Waals surface area contributed by atoms with Gasteiger partial charge in [0.05, 0.1) is 47.9 Å². The number of nitrogens with one attached hydrogen (secondary N) is 2. The second kappa shape index (κ2) is 15.8. The molecule has 2 aliphatic rings. The molecule has 2 fully saturated rings. The van der Waals surface area contributed by atoms with Crippen molar-refractivity contribution in [2.24, 2.45) is 0 Å². The van der Waals surface area contributed by atoms with Crippen molar-refractivity contribution in [1.82, 2.24) is 44.8 Å². The number of nitrogens with zero attached hydrogens (tertiary/aromatic N) is 9. The van der Waals surface area contributed by atoms with E-state index in [-0.39, 0.29) is 11.8 Å². The van der Waals surface area contributed by atoms with Gasteiger partial charge in [0.1, 0.15) is 11.4 Å². The fourth-order valence-electron chi connectivity index (χ4n) is 7.68. The molecule has 13 heteroatoms. The molecule has 13 nitrogen and oxygen atoms in total. The van der Waals surface area contributed by atoms with Crippen molar-refractivity contribution in [3.63, 3.8) is 0 Å². The first-order valence-corrected chi connectivity index (χ1v) is 19.4. The number of amides is 2. The minimum atomic E-state index is -0.00538. The summed E-state index contributed by atoms with van der Waals surface area (Å²) in [6.07, 6.45) is 10.8. The van der Waals surface area contributed by atoms with Crippen LogP contribution in [-0.2, 0) is 9.59 Å². The van der Waals surface area contributed by atoms with Crippen molar-refractivity contribution >= 4 is 45.0 Å². The summed E-state index contributed by atoms with van der Waals surface area (Å²) in [5.41, 5.74) is 7.90. The van der Waals surface area contributed by atoms with Crippen LogP contribution in [-0.4, -0.2) is 95.9 Å². The Balaban J connectivity index is 0.898. The zero-order valence-corrected chi connectivity index (χ0v) is 31.1. The van der Waals surface area contributed by atoms with Gasteiger partial charge in [-0.1, -0.05) is 59.7 Å². The zero-order chi connectivity index (χ0) is 37.8. The lowest BCUT2D eigenvalue weighted by Crippen LogP contribution is -2.36. The number of carbonyl (C=O) groups excluding carboxylic acids is 2. The Labute approximate surface area is 324 Å². The fraction of sp³-hybridized carbons (Fsp3) is 0.279. The van der Waals surface area contributed by atoms with Gasteiger partial charge in [-0.3, -0.25) is 19.4 Å². The molecule has 5 heterocycles. The number of anilines is 2. The van der Waals surface area contributed by atoms with Crippen molar-refractivity contribution in [3.05, 3.63) is 103 Å². The van der Waals surface area contributed by atoms with Crippen LogP contribution in [0.3, 0.4) is 0 Å². The molecule has 9 rings (SSSR count). The van der Waals surface area contributed by atoms with Gasteiger partial charge in [0.2, 0.25) is 11.8 Å². The number of pyridine rings is 1. The molecule has 3 aromatic heterocycles. The maximum atomic E-state index is 12.7. The van der Waals surface area contributed by atoms with Crippen molar-refractivity contribution in [1.29, 1.82) is 0 Å². The van der Waals surface area contributed by atoms with Gasteiger partial charge in [0.15, 0.2) is 0 Å². The summed E-state index contributed by atoms with van der Waals surface area (Å²) < 4.78 is 3.48. The van der Waals surface area contributed by atoms with Gasteiger partial charge >= 0.3 is 0 Å². The minimum Gasteiger partial charge on any atom is -0.325 e. The van der Waals surface area contributed by atoms with E-state index in [1.807, 2.05) is 97.3 Å². The Kier molecular flexibility index (Phi) is 9.99. The average molecular weight is 746 g/mol. The Morgan fingerprint density at radius 3 is 1.46 bits per heavy atom. The number of piperidine rings is 2. The number of fused-ring (bicyclic) bond motifs is 2. The van der Waals surface area contributed by atoms with E-state index in [9.17, 15) is 9.59 Å². The predicted molar refractivity (Wildman–Crippen MR) is 218 cm³/mol. The maximum absolute atomic E-state index is 12.7. The third kappa shape index (κ3) is 8.04. The van der Waals surface area contributed by atoms with Crippen LogP contribution < -0.4 is 10.6 Å². The number of rotatable bonds is 10. The molecule has 0 radical (unpaired) electrons. The summed E-state index contributed by atoms with van der Waals surface area (Å²) in [7, 11) is 0. The molecular weight excluding hydrogens is 703 g/mol. The van der Waals surface area contributed by atoms with Crippen LogP contribution in [0.15, 0.2) is 103 Å². The summed E-state index contributed by atoms with van der Waals surface area (Å²) in [4.78, 5) is 34.9. The van der Waals surface area contributed by atoms with Crippen LogP contribution in [0.1, 0.15) is 38.5 Å². The molecular formula is C43H43N11O2. The maximum Gasteiger partial charge on any atom is 0.238 e. The van der Waals surface area contributed by atoms with Crippen LogP contribution in [0.25, 0.3) is 55.7 Å². The molecule has 2 N–H and O–H groups in total. The van der Waals surface area contributed by atoms with E-state index in [1.54, 1.807) is 9.36 Å². The van der Waals surface area contributed by atoms with Gasteiger partial charge < -0.3 is 10.6 Å². The largest absolute Gasteiger partial charge is 0.325 e. The number of aromatic nitrogens is 7. The first-order chi connectivity index (χ1) is 27.5. The molecule has 2 aliphatic heterocycles. The lowest BCUT2D eigenvalue weighted by Gasteiger charge is -2.25. The van der Waals surface area contributed by atoms with E-state index in [0.29, 0.717) is 24.5 Å². The van der Waals surface area contributed by atoms with E-state index in [4.69, 9.17) is 4.98 Å². The van der Waals surface area contributed by atoms with Crippen LogP contribution in [0, 0.1) is 0 Å². The first-order valence-electron chi connectivity index (χ1n) is 19.4. The number of carbonyl (C=O) groups is 2. The lowest BCUT2D eigenvalue weighted by molar-refractivity contribution is -0.118. The van der Waals surface area contributed by atoms with E-state index >= 15 is 0 Å². The van der Waals surface area contributed by atoms with E-state index in [0.717, 1.165) is 108 Å². The molecule has 0 saturated carbocycles. The van der Waals surface area contributed by atoms with Gasteiger partial charge in [-0.05, 0) is 106 Å². The summed E-state index contributed by atoms with van der Waals surface area (Å²) >= 11 is 0. The van der Waals surface area contributed by atoms with E-state index in [2.05, 4.69) is 47.1 Å². The Bertz CT molecular complexity index is 2360. The summed E-state index contributed by atoms with van der Waals surface area (Å²) in [5, 5.41) is 25.9. The minimum absolute atomic E-state index is 0.00538. The van der Waals surface area contributed by atoms with Crippen molar-refractivity contribution < 1.29 is 9.59 Å². The second-order valence-corrected chi connectivity index (χ2v) is 14.8. The van der Waals surface area contributed by atoms with Crippen molar-refractivity contribution in [2.45, 2.75) is 38.5 Å². The molecule has 0 unspecified atom stereocenters. The van der Waals surface area contributed by atoms with Gasteiger partial charge in [-0.15, -0.1) is 10.2 Å². The van der Waals surface area contributed by atoms with Gasteiger partial charge in [0, 0.05) is 33.3 Å². The molecule has 2 saturated heterocycles. The highest BCUT2D eigenvalue weighted by Crippen LogP contribution is 2.27. The number of hydrogen-bond acceptors (Lipinski definition) is 9. The van der Waals surface area contributed by atoms with Gasteiger partial charge in [0.25, 0.3) is 0 Å². The topological polar surface area (TPSA) is 139 Å². The third-order valence-corrected chi connectivity index (χ3v) is 10.6. The smallest absolute Gasteiger partial charge is 0.238 e. The molecule has 56 heavy (non-hydrogen) atoms. The highest BCUT2D eigenvalue weighted by atomic mass is 16.2.